The van der Waals surface area contributed by atoms with Crippen LogP contribution in [0.3, 0.4) is 0 Å². The molecule has 4 aliphatic carbocycles. The van der Waals surface area contributed by atoms with Gasteiger partial charge in [-0.15, -0.1) is 0 Å². The highest BCUT2D eigenvalue weighted by atomic mass is 16.5. The summed E-state index contributed by atoms with van der Waals surface area (Å²) in [4.78, 5) is 11.6. The van der Waals surface area contributed by atoms with Gasteiger partial charge in [0.25, 0.3) is 0 Å². The molecule has 0 aliphatic heterocycles. The molecule has 4 saturated carbocycles. The van der Waals surface area contributed by atoms with E-state index in [1.54, 1.807) is 0 Å². The Hall–Kier alpha value is -0.610. The van der Waals surface area contributed by atoms with Crippen LogP contribution in [0.25, 0.3) is 0 Å². The first-order chi connectivity index (χ1) is 13.7. The quantitative estimate of drug-likeness (QED) is 0.671. The van der Waals surface area contributed by atoms with Crippen molar-refractivity contribution in [2.45, 2.75) is 97.2 Å². The van der Waals surface area contributed by atoms with Gasteiger partial charge in [0.2, 0.25) is 0 Å². The minimum Gasteiger partial charge on any atom is -0.469 e. The summed E-state index contributed by atoms with van der Waals surface area (Å²) in [5.41, 5.74) is 0.533. The zero-order chi connectivity index (χ0) is 21.0. The SMILES string of the molecule is COC(=O)CC[C@H](C)[C@H]1CC[C@H]2[C@@H]3C[C@H](O)[C@H]4C[C@@H](O)CC[C@]4(C)[C@H]3CC[C@]12C. The van der Waals surface area contributed by atoms with Gasteiger partial charge in [0, 0.05) is 6.42 Å². The van der Waals surface area contributed by atoms with Gasteiger partial charge in [-0.1, -0.05) is 20.8 Å². The van der Waals surface area contributed by atoms with E-state index < -0.39 is 0 Å². The Bertz CT molecular complexity index is 620. The maximum atomic E-state index is 11.6. The lowest BCUT2D eigenvalue weighted by Crippen LogP contribution is -2.58. The fourth-order valence-electron chi connectivity index (χ4n) is 8.90. The average Bonchev–Trinajstić information content (AvgIpc) is 3.05. The van der Waals surface area contributed by atoms with Crippen LogP contribution in [0.15, 0.2) is 0 Å². The van der Waals surface area contributed by atoms with Crippen LogP contribution in [-0.4, -0.2) is 35.5 Å². The van der Waals surface area contributed by atoms with Crippen molar-refractivity contribution in [3.63, 3.8) is 0 Å². The first-order valence-corrected chi connectivity index (χ1v) is 12.1. The van der Waals surface area contributed by atoms with Crippen molar-refractivity contribution in [1.29, 1.82) is 0 Å². The summed E-state index contributed by atoms with van der Waals surface area (Å²) in [5.74, 6) is 3.42. The molecule has 166 valence electrons. The largest absolute Gasteiger partial charge is 0.469 e. The minimum absolute atomic E-state index is 0.0888. The zero-order valence-corrected chi connectivity index (χ0v) is 18.9. The highest BCUT2D eigenvalue weighted by Gasteiger charge is 2.62. The molecule has 4 aliphatic rings. The molecule has 0 heterocycles. The predicted octanol–water partition coefficient (Wildman–Crippen LogP) is 4.57. The molecular formula is C25H42O4. The first kappa shape index (κ1) is 21.6. The maximum Gasteiger partial charge on any atom is 0.305 e. The van der Waals surface area contributed by atoms with Crippen molar-refractivity contribution in [2.75, 3.05) is 7.11 Å². The van der Waals surface area contributed by atoms with Crippen LogP contribution in [0.4, 0.5) is 0 Å². The second kappa shape index (κ2) is 7.82. The molecule has 0 spiro atoms. The monoisotopic (exact) mass is 406 g/mol. The van der Waals surface area contributed by atoms with Gasteiger partial charge in [0.1, 0.15) is 0 Å². The molecule has 29 heavy (non-hydrogen) atoms. The van der Waals surface area contributed by atoms with Crippen molar-refractivity contribution in [3.05, 3.63) is 0 Å². The summed E-state index contributed by atoms with van der Waals surface area (Å²) in [5, 5.41) is 21.3. The van der Waals surface area contributed by atoms with Gasteiger partial charge in [0.15, 0.2) is 0 Å². The van der Waals surface area contributed by atoms with Gasteiger partial charge in [-0.25, -0.2) is 0 Å². The Labute approximate surface area is 176 Å². The Balaban J connectivity index is 1.52. The Morgan fingerprint density at radius 2 is 1.69 bits per heavy atom. The van der Waals surface area contributed by atoms with Crippen molar-refractivity contribution in [1.82, 2.24) is 0 Å². The first-order valence-electron chi connectivity index (χ1n) is 12.1. The molecule has 0 amide bonds. The number of carbonyl (C=O) groups excluding carboxylic acids is 1. The van der Waals surface area contributed by atoms with Crippen LogP contribution in [0.5, 0.6) is 0 Å². The van der Waals surface area contributed by atoms with Crippen LogP contribution in [0, 0.1) is 46.3 Å². The lowest BCUT2D eigenvalue weighted by Gasteiger charge is -2.62. The van der Waals surface area contributed by atoms with Crippen LogP contribution >= 0.6 is 0 Å². The van der Waals surface area contributed by atoms with Crippen molar-refractivity contribution >= 4 is 5.97 Å². The number of hydrogen-bond donors (Lipinski definition) is 2. The minimum atomic E-state index is -0.255. The fourth-order valence-corrected chi connectivity index (χ4v) is 8.90. The summed E-state index contributed by atoms with van der Waals surface area (Å²) >= 11 is 0. The van der Waals surface area contributed by atoms with Gasteiger partial charge in [-0.05, 0) is 104 Å². The summed E-state index contributed by atoms with van der Waals surface area (Å²) in [6, 6.07) is 0. The van der Waals surface area contributed by atoms with E-state index in [1.165, 1.54) is 32.8 Å². The smallest absolute Gasteiger partial charge is 0.305 e. The number of aliphatic hydroxyl groups is 2. The molecule has 0 aromatic carbocycles. The second-order valence-corrected chi connectivity index (χ2v) is 11.5. The maximum absolute atomic E-state index is 11.6. The molecule has 0 saturated heterocycles. The third kappa shape index (κ3) is 3.46. The molecule has 4 rings (SSSR count). The van der Waals surface area contributed by atoms with Gasteiger partial charge < -0.3 is 14.9 Å². The van der Waals surface area contributed by atoms with Crippen LogP contribution in [0.2, 0.25) is 0 Å². The standard InChI is InChI=1S/C25H42O4/c1-15(5-8-23(28)29-4)18-6-7-19-17-14-22(27)21-13-16(26)9-11-25(21,3)20(17)10-12-24(18,19)2/h15-22,26-27H,5-14H2,1-4H3/t15-,16-,17-,18+,19-,20-,21+,22-,24+,25+/m0/s1. The Morgan fingerprint density at radius 1 is 1.00 bits per heavy atom. The zero-order valence-electron chi connectivity index (χ0n) is 18.9. The number of hydrogen-bond acceptors (Lipinski definition) is 4. The third-order valence-electron chi connectivity index (χ3n) is 10.4. The van der Waals surface area contributed by atoms with Crippen molar-refractivity contribution in [3.8, 4) is 0 Å². The number of ether oxygens (including phenoxy) is 1. The lowest BCUT2D eigenvalue weighted by molar-refractivity contribution is -0.172. The molecule has 4 heteroatoms. The van der Waals surface area contributed by atoms with Crippen LogP contribution < -0.4 is 0 Å². The van der Waals surface area contributed by atoms with Crippen LogP contribution in [-0.2, 0) is 9.53 Å². The molecule has 4 fully saturated rings. The van der Waals surface area contributed by atoms with E-state index >= 15 is 0 Å². The molecule has 0 bridgehead atoms. The Morgan fingerprint density at radius 3 is 2.41 bits per heavy atom. The van der Waals surface area contributed by atoms with E-state index in [4.69, 9.17) is 4.74 Å². The van der Waals surface area contributed by atoms with Crippen molar-refractivity contribution in [2.24, 2.45) is 46.3 Å². The van der Waals surface area contributed by atoms with Crippen LogP contribution in [0.1, 0.15) is 85.0 Å². The second-order valence-electron chi connectivity index (χ2n) is 11.5. The van der Waals surface area contributed by atoms with Gasteiger partial charge in [-0.3, -0.25) is 4.79 Å². The van der Waals surface area contributed by atoms with Crippen molar-refractivity contribution < 1.29 is 19.7 Å². The fraction of sp³-hybridized carbons (Fsp3) is 0.960. The average molecular weight is 407 g/mol. The molecule has 0 aromatic rings. The van der Waals surface area contributed by atoms with E-state index in [0.29, 0.717) is 41.4 Å². The number of carbonyl (C=O) groups is 1. The Kier molecular flexibility index (Phi) is 5.83. The van der Waals surface area contributed by atoms with E-state index in [1.807, 2.05) is 0 Å². The lowest BCUT2D eigenvalue weighted by atomic mass is 9.44. The van der Waals surface area contributed by atoms with Gasteiger partial charge >= 0.3 is 5.97 Å². The number of rotatable bonds is 4. The van der Waals surface area contributed by atoms with E-state index in [0.717, 1.165) is 32.1 Å². The molecule has 4 nitrogen and oxygen atoms in total. The number of aliphatic hydroxyl groups excluding tert-OH is 2. The molecule has 2 N–H and O–H groups in total. The molecular weight excluding hydrogens is 364 g/mol. The predicted molar refractivity (Wildman–Crippen MR) is 113 cm³/mol. The normalized spacial score (nSPS) is 50.2. The third-order valence-corrected chi connectivity index (χ3v) is 10.4. The number of methoxy groups -OCH3 is 1. The van der Waals surface area contributed by atoms with E-state index in [-0.39, 0.29) is 29.5 Å². The highest BCUT2D eigenvalue weighted by molar-refractivity contribution is 5.69. The molecule has 0 aromatic heterocycles. The summed E-state index contributed by atoms with van der Waals surface area (Å²) in [6.07, 6.45) is 9.77. The summed E-state index contributed by atoms with van der Waals surface area (Å²) in [7, 11) is 1.48. The summed E-state index contributed by atoms with van der Waals surface area (Å²) in [6.45, 7) is 7.28. The molecule has 0 unspecified atom stereocenters. The number of fused-ring (bicyclic) bond motifs is 5. The molecule has 10 atom stereocenters. The van der Waals surface area contributed by atoms with E-state index in [2.05, 4.69) is 20.8 Å². The topological polar surface area (TPSA) is 66.8 Å². The highest BCUT2D eigenvalue weighted by Crippen LogP contribution is 2.68. The summed E-state index contributed by atoms with van der Waals surface area (Å²) < 4.78 is 4.86. The van der Waals surface area contributed by atoms with E-state index in [9.17, 15) is 15.0 Å². The van der Waals surface area contributed by atoms with Gasteiger partial charge in [-0.2, -0.15) is 0 Å². The number of esters is 1. The molecule has 0 radical (unpaired) electrons. The van der Waals surface area contributed by atoms with Gasteiger partial charge in [0.05, 0.1) is 19.3 Å².